The molecule has 0 saturated carbocycles. The summed E-state index contributed by atoms with van der Waals surface area (Å²) in [6, 6.07) is 0. The van der Waals surface area contributed by atoms with Crippen molar-refractivity contribution in [2.75, 3.05) is 0 Å². The van der Waals surface area contributed by atoms with Crippen LogP contribution in [0.1, 0.15) is 37.2 Å². The molecule has 1 aromatic heterocycles. The zero-order chi connectivity index (χ0) is 11.5. The normalized spacial score (nSPS) is 11.2. The molecule has 0 aliphatic carbocycles. The van der Waals surface area contributed by atoms with Gasteiger partial charge in [0, 0.05) is 0 Å². The topological polar surface area (TPSA) is 65.0 Å². The average Bonchev–Trinajstić information content (AvgIpc) is 2.15. The minimum absolute atomic E-state index is 0.0365. The molecule has 0 N–H and O–H groups in total. The van der Waals surface area contributed by atoms with Crippen molar-refractivity contribution in [2.45, 2.75) is 31.7 Å². The van der Waals surface area contributed by atoms with E-state index < -0.39 is 11.6 Å². The maximum absolute atomic E-state index is 11.5. The van der Waals surface area contributed by atoms with Crippen LogP contribution in [0, 0.1) is 0 Å². The summed E-state index contributed by atoms with van der Waals surface area (Å²) >= 11 is 3.20. The van der Waals surface area contributed by atoms with Gasteiger partial charge < -0.3 is 4.74 Å². The number of aromatic nitrogens is 3. The highest BCUT2D eigenvalue weighted by atomic mass is 79.9. The van der Waals surface area contributed by atoms with Gasteiger partial charge >= 0.3 is 5.97 Å². The molecule has 1 aromatic rings. The molecule has 0 spiro atoms. The van der Waals surface area contributed by atoms with Gasteiger partial charge in [-0.15, -0.1) is 0 Å². The van der Waals surface area contributed by atoms with Gasteiger partial charge in [0.1, 0.15) is 17.8 Å². The van der Waals surface area contributed by atoms with Crippen LogP contribution in [-0.4, -0.2) is 26.5 Å². The maximum Gasteiger partial charge on any atom is 0.377 e. The molecule has 0 radical (unpaired) electrons. The number of carbonyl (C=O) groups is 1. The number of rotatable bonds is 2. The predicted molar refractivity (Wildman–Crippen MR) is 57.6 cm³/mol. The van der Waals surface area contributed by atoms with E-state index >= 15 is 0 Å². The molecule has 0 aliphatic heterocycles. The van der Waals surface area contributed by atoms with Crippen molar-refractivity contribution in [3.05, 3.63) is 18.0 Å². The summed E-state index contributed by atoms with van der Waals surface area (Å²) in [7, 11) is 0. The van der Waals surface area contributed by atoms with E-state index in [1.54, 1.807) is 20.8 Å². The first kappa shape index (κ1) is 12.0. The van der Waals surface area contributed by atoms with Crippen LogP contribution >= 0.6 is 15.9 Å². The van der Waals surface area contributed by atoms with E-state index in [4.69, 9.17) is 4.74 Å². The van der Waals surface area contributed by atoms with Crippen LogP contribution in [0.3, 0.4) is 0 Å². The molecule has 0 atom stereocenters. The second-order valence-electron chi connectivity index (χ2n) is 3.86. The van der Waals surface area contributed by atoms with Crippen LogP contribution in [0.5, 0.6) is 0 Å². The zero-order valence-electron chi connectivity index (χ0n) is 8.82. The van der Waals surface area contributed by atoms with Gasteiger partial charge in [-0.3, -0.25) is 0 Å². The fourth-order valence-corrected chi connectivity index (χ4v) is 1.09. The lowest BCUT2D eigenvalue weighted by molar-refractivity contribution is 0.00548. The highest BCUT2D eigenvalue weighted by Crippen LogP contribution is 2.09. The number of alkyl halides is 1. The van der Waals surface area contributed by atoms with Gasteiger partial charge in [0.05, 0.1) is 5.33 Å². The van der Waals surface area contributed by atoms with Crippen LogP contribution in [0.25, 0.3) is 0 Å². The van der Waals surface area contributed by atoms with E-state index in [0.29, 0.717) is 11.2 Å². The zero-order valence-corrected chi connectivity index (χ0v) is 10.4. The summed E-state index contributed by atoms with van der Waals surface area (Å²) in [5, 5.41) is 0.477. The van der Waals surface area contributed by atoms with Gasteiger partial charge in [0.15, 0.2) is 0 Å². The number of esters is 1. The summed E-state index contributed by atoms with van der Waals surface area (Å²) in [6.45, 7) is 5.37. The molecule has 0 aromatic carbocycles. The van der Waals surface area contributed by atoms with E-state index in [1.807, 2.05) is 0 Å². The van der Waals surface area contributed by atoms with Crippen LogP contribution in [0.15, 0.2) is 6.33 Å². The standard InChI is InChI=1S/C9H12BrN3O2/c1-9(2,3)15-8(14)7-12-5-11-6(4-10)13-7/h5H,4H2,1-3H3. The van der Waals surface area contributed by atoms with Crippen LogP contribution < -0.4 is 0 Å². The van der Waals surface area contributed by atoms with Gasteiger partial charge in [-0.05, 0) is 20.8 Å². The van der Waals surface area contributed by atoms with E-state index in [2.05, 4.69) is 30.9 Å². The third kappa shape index (κ3) is 3.91. The summed E-state index contributed by atoms with van der Waals surface area (Å²) in [5.74, 6) is 0.00679. The molecule has 1 heterocycles. The van der Waals surface area contributed by atoms with Crippen molar-refractivity contribution in [2.24, 2.45) is 0 Å². The Bertz CT molecular complexity index is 363. The van der Waals surface area contributed by atoms with Gasteiger partial charge in [-0.1, -0.05) is 15.9 Å². The minimum Gasteiger partial charge on any atom is -0.454 e. The molecule has 0 unspecified atom stereocenters. The van der Waals surface area contributed by atoms with Crippen molar-refractivity contribution < 1.29 is 9.53 Å². The van der Waals surface area contributed by atoms with E-state index in [-0.39, 0.29) is 5.82 Å². The molecule has 0 aliphatic rings. The van der Waals surface area contributed by atoms with Gasteiger partial charge in [0.2, 0.25) is 5.82 Å². The Balaban J connectivity index is 2.82. The lowest BCUT2D eigenvalue weighted by Crippen LogP contribution is -2.25. The van der Waals surface area contributed by atoms with Crippen LogP contribution in [0.2, 0.25) is 0 Å². The number of hydrogen-bond acceptors (Lipinski definition) is 5. The van der Waals surface area contributed by atoms with Crippen LogP contribution in [0.4, 0.5) is 0 Å². The van der Waals surface area contributed by atoms with Crippen LogP contribution in [-0.2, 0) is 10.1 Å². The minimum atomic E-state index is -0.543. The third-order valence-electron chi connectivity index (χ3n) is 1.32. The monoisotopic (exact) mass is 273 g/mol. The Kier molecular flexibility index (Phi) is 3.73. The summed E-state index contributed by atoms with van der Waals surface area (Å²) < 4.78 is 5.12. The van der Waals surface area contributed by atoms with E-state index in [0.717, 1.165) is 0 Å². The second kappa shape index (κ2) is 4.65. The molecule has 1 rings (SSSR count). The lowest BCUT2D eigenvalue weighted by Gasteiger charge is -2.18. The smallest absolute Gasteiger partial charge is 0.377 e. The highest BCUT2D eigenvalue weighted by molar-refractivity contribution is 9.08. The Labute approximate surface area is 96.4 Å². The summed E-state index contributed by atoms with van der Waals surface area (Å²) in [6.07, 6.45) is 1.29. The molecule has 0 amide bonds. The SMILES string of the molecule is CC(C)(C)OC(=O)c1ncnc(CBr)n1. The Morgan fingerprint density at radius 1 is 1.47 bits per heavy atom. The molecule has 15 heavy (non-hydrogen) atoms. The summed E-state index contributed by atoms with van der Waals surface area (Å²) in [5.41, 5.74) is -0.543. The molecule has 82 valence electrons. The molecular formula is C9H12BrN3O2. The maximum atomic E-state index is 11.5. The highest BCUT2D eigenvalue weighted by Gasteiger charge is 2.20. The van der Waals surface area contributed by atoms with Crippen molar-refractivity contribution >= 4 is 21.9 Å². The largest absolute Gasteiger partial charge is 0.454 e. The van der Waals surface area contributed by atoms with Gasteiger partial charge in [0.25, 0.3) is 0 Å². The predicted octanol–water partition coefficient (Wildman–Crippen LogP) is 1.72. The van der Waals surface area contributed by atoms with Crippen molar-refractivity contribution in [3.8, 4) is 0 Å². The van der Waals surface area contributed by atoms with Crippen molar-refractivity contribution in [3.63, 3.8) is 0 Å². The van der Waals surface area contributed by atoms with E-state index in [9.17, 15) is 4.79 Å². The Hall–Kier alpha value is -1.04. The first-order valence-corrected chi connectivity index (χ1v) is 5.52. The number of halogens is 1. The number of ether oxygens (including phenoxy) is 1. The summed E-state index contributed by atoms with van der Waals surface area (Å²) in [4.78, 5) is 23.1. The molecular weight excluding hydrogens is 262 g/mol. The Morgan fingerprint density at radius 2 is 2.13 bits per heavy atom. The first-order chi connectivity index (χ1) is 6.92. The Morgan fingerprint density at radius 3 is 2.67 bits per heavy atom. The molecule has 0 fully saturated rings. The molecule has 0 bridgehead atoms. The average molecular weight is 274 g/mol. The molecule has 5 nitrogen and oxygen atoms in total. The number of hydrogen-bond donors (Lipinski definition) is 0. The van der Waals surface area contributed by atoms with Gasteiger partial charge in [-0.25, -0.2) is 19.7 Å². The van der Waals surface area contributed by atoms with Crippen molar-refractivity contribution in [1.82, 2.24) is 15.0 Å². The number of nitrogens with zero attached hydrogens (tertiary/aromatic N) is 3. The van der Waals surface area contributed by atoms with Gasteiger partial charge in [-0.2, -0.15) is 0 Å². The first-order valence-electron chi connectivity index (χ1n) is 4.39. The second-order valence-corrected chi connectivity index (χ2v) is 4.42. The van der Waals surface area contributed by atoms with E-state index in [1.165, 1.54) is 6.33 Å². The quantitative estimate of drug-likeness (QED) is 0.607. The lowest BCUT2D eigenvalue weighted by atomic mass is 10.2. The fraction of sp³-hybridized carbons (Fsp3) is 0.556. The van der Waals surface area contributed by atoms with Crippen molar-refractivity contribution in [1.29, 1.82) is 0 Å². The molecule has 0 saturated heterocycles. The number of carbonyl (C=O) groups excluding carboxylic acids is 1. The fourth-order valence-electron chi connectivity index (χ4n) is 0.817. The third-order valence-corrected chi connectivity index (χ3v) is 1.82. The molecule has 6 heteroatoms.